The SMILES string of the molecule is CC(=O)O[C@H](COCc1ccc(Br)cc1)[C@H](O)CS. The van der Waals surface area contributed by atoms with E-state index in [0.29, 0.717) is 6.61 Å². The van der Waals surface area contributed by atoms with Crippen molar-refractivity contribution in [1.82, 2.24) is 0 Å². The fourth-order valence-corrected chi connectivity index (χ4v) is 1.93. The fourth-order valence-electron chi connectivity index (χ4n) is 1.43. The monoisotopic (exact) mass is 348 g/mol. The van der Waals surface area contributed by atoms with Crippen LogP contribution in [0.4, 0.5) is 0 Å². The minimum absolute atomic E-state index is 0.136. The Morgan fingerprint density at radius 2 is 2.05 bits per heavy atom. The summed E-state index contributed by atoms with van der Waals surface area (Å²) in [5.41, 5.74) is 1.00. The van der Waals surface area contributed by atoms with Crippen molar-refractivity contribution in [1.29, 1.82) is 0 Å². The lowest BCUT2D eigenvalue weighted by molar-refractivity contribution is -0.156. The Labute approximate surface area is 126 Å². The number of hydrogen-bond donors (Lipinski definition) is 2. The van der Waals surface area contributed by atoms with Crippen LogP contribution in [0.25, 0.3) is 0 Å². The van der Waals surface area contributed by atoms with Crippen molar-refractivity contribution in [3.05, 3.63) is 34.3 Å². The smallest absolute Gasteiger partial charge is 0.303 e. The molecule has 0 radical (unpaired) electrons. The summed E-state index contributed by atoms with van der Waals surface area (Å²) in [6, 6.07) is 7.70. The Hall–Kier alpha value is -0.560. The van der Waals surface area contributed by atoms with Crippen LogP contribution in [0.5, 0.6) is 0 Å². The average molecular weight is 349 g/mol. The van der Waals surface area contributed by atoms with E-state index < -0.39 is 18.2 Å². The Bertz CT molecular complexity index is 396. The van der Waals surface area contributed by atoms with E-state index in [4.69, 9.17) is 9.47 Å². The van der Waals surface area contributed by atoms with Crippen LogP contribution < -0.4 is 0 Å². The summed E-state index contributed by atoms with van der Waals surface area (Å²) >= 11 is 7.33. The molecular formula is C13H17BrO4S. The first-order chi connectivity index (χ1) is 9.02. The van der Waals surface area contributed by atoms with Crippen molar-refractivity contribution in [3.8, 4) is 0 Å². The zero-order chi connectivity index (χ0) is 14.3. The van der Waals surface area contributed by atoms with E-state index in [9.17, 15) is 9.90 Å². The molecule has 0 aliphatic rings. The second-order valence-corrected chi connectivity index (χ2v) is 5.32. The first-order valence-corrected chi connectivity index (χ1v) is 7.23. The zero-order valence-electron chi connectivity index (χ0n) is 10.6. The molecule has 0 aliphatic heterocycles. The highest BCUT2D eigenvalue weighted by molar-refractivity contribution is 9.10. The maximum absolute atomic E-state index is 10.9. The molecule has 0 heterocycles. The van der Waals surface area contributed by atoms with Gasteiger partial charge in [0.15, 0.2) is 6.10 Å². The summed E-state index contributed by atoms with van der Waals surface area (Å²) in [4.78, 5) is 10.9. The van der Waals surface area contributed by atoms with Crippen molar-refractivity contribution in [2.75, 3.05) is 12.4 Å². The van der Waals surface area contributed by atoms with Gasteiger partial charge in [-0.25, -0.2) is 0 Å². The standard InChI is InChI=1S/C13H17BrO4S/c1-9(15)18-13(12(16)8-19)7-17-6-10-2-4-11(14)5-3-10/h2-5,12-13,16,19H,6-8H2,1H3/t12-,13-/m1/s1. The Morgan fingerprint density at radius 3 is 2.58 bits per heavy atom. The van der Waals surface area contributed by atoms with Crippen LogP contribution in [0.3, 0.4) is 0 Å². The lowest BCUT2D eigenvalue weighted by Crippen LogP contribution is -2.36. The minimum Gasteiger partial charge on any atom is -0.457 e. The molecule has 0 amide bonds. The van der Waals surface area contributed by atoms with Crippen molar-refractivity contribution < 1.29 is 19.4 Å². The first kappa shape index (κ1) is 16.5. The molecule has 4 nitrogen and oxygen atoms in total. The number of ether oxygens (including phenoxy) is 2. The molecule has 0 saturated heterocycles. The summed E-state index contributed by atoms with van der Waals surface area (Å²) in [5, 5.41) is 9.66. The van der Waals surface area contributed by atoms with Crippen molar-refractivity contribution >= 4 is 34.5 Å². The van der Waals surface area contributed by atoms with Gasteiger partial charge < -0.3 is 14.6 Å². The lowest BCUT2D eigenvalue weighted by Gasteiger charge is -2.21. The normalized spacial score (nSPS) is 13.9. The molecule has 0 aromatic heterocycles. The summed E-state index contributed by atoms with van der Waals surface area (Å²) in [5.74, 6) is -0.238. The average Bonchev–Trinajstić information content (AvgIpc) is 2.38. The number of aliphatic hydroxyl groups is 1. The predicted octanol–water partition coefficient (Wildman–Crippen LogP) is 2.19. The van der Waals surface area contributed by atoms with Crippen LogP contribution in [-0.2, 0) is 20.9 Å². The molecule has 0 aliphatic carbocycles. The molecule has 0 spiro atoms. The second kappa shape index (κ2) is 8.58. The van der Waals surface area contributed by atoms with E-state index in [2.05, 4.69) is 28.6 Å². The van der Waals surface area contributed by atoms with Gasteiger partial charge in [-0.05, 0) is 17.7 Å². The van der Waals surface area contributed by atoms with Crippen LogP contribution in [0, 0.1) is 0 Å². The maximum Gasteiger partial charge on any atom is 0.303 e. The quantitative estimate of drug-likeness (QED) is 0.585. The van der Waals surface area contributed by atoms with Gasteiger partial charge in [0.25, 0.3) is 0 Å². The van der Waals surface area contributed by atoms with Gasteiger partial charge in [0.1, 0.15) is 6.10 Å². The van der Waals surface area contributed by atoms with E-state index in [1.165, 1.54) is 6.92 Å². The van der Waals surface area contributed by atoms with Crippen LogP contribution in [-0.4, -0.2) is 35.6 Å². The molecule has 1 aromatic carbocycles. The molecule has 1 aromatic rings. The van der Waals surface area contributed by atoms with E-state index in [0.717, 1.165) is 10.0 Å². The molecule has 1 rings (SSSR count). The third-order valence-electron chi connectivity index (χ3n) is 2.40. The summed E-state index contributed by atoms with van der Waals surface area (Å²) in [7, 11) is 0. The molecule has 106 valence electrons. The number of carbonyl (C=O) groups is 1. The highest BCUT2D eigenvalue weighted by Crippen LogP contribution is 2.12. The number of aliphatic hydroxyl groups excluding tert-OH is 1. The molecule has 1 N–H and O–H groups in total. The molecule has 0 unspecified atom stereocenters. The second-order valence-electron chi connectivity index (χ2n) is 4.04. The minimum atomic E-state index is -0.836. The van der Waals surface area contributed by atoms with Gasteiger partial charge in [-0.15, -0.1) is 0 Å². The summed E-state index contributed by atoms with van der Waals surface area (Å²) < 4.78 is 11.4. The number of carbonyl (C=O) groups excluding carboxylic acids is 1. The number of benzene rings is 1. The van der Waals surface area contributed by atoms with Crippen molar-refractivity contribution in [3.63, 3.8) is 0 Å². The molecule has 2 atom stereocenters. The number of hydrogen-bond acceptors (Lipinski definition) is 5. The van der Waals surface area contributed by atoms with Gasteiger partial charge in [0.05, 0.1) is 13.2 Å². The molecule has 19 heavy (non-hydrogen) atoms. The Morgan fingerprint density at radius 1 is 1.42 bits per heavy atom. The van der Waals surface area contributed by atoms with Gasteiger partial charge in [-0.2, -0.15) is 12.6 Å². The number of thiol groups is 1. The van der Waals surface area contributed by atoms with E-state index in [1.807, 2.05) is 24.3 Å². The highest BCUT2D eigenvalue weighted by atomic mass is 79.9. The fraction of sp³-hybridized carbons (Fsp3) is 0.462. The van der Waals surface area contributed by atoms with Crippen LogP contribution in [0.2, 0.25) is 0 Å². The van der Waals surface area contributed by atoms with Crippen molar-refractivity contribution in [2.45, 2.75) is 25.7 Å². The van der Waals surface area contributed by atoms with Gasteiger partial charge in [0, 0.05) is 17.1 Å². The highest BCUT2D eigenvalue weighted by Gasteiger charge is 2.21. The third kappa shape index (κ3) is 6.42. The number of esters is 1. The molecule has 6 heteroatoms. The number of rotatable bonds is 7. The van der Waals surface area contributed by atoms with Gasteiger partial charge in [-0.3, -0.25) is 4.79 Å². The topological polar surface area (TPSA) is 55.8 Å². The van der Waals surface area contributed by atoms with Gasteiger partial charge in [-0.1, -0.05) is 28.1 Å². The molecular weight excluding hydrogens is 332 g/mol. The summed E-state index contributed by atoms with van der Waals surface area (Å²) in [6.45, 7) is 1.83. The summed E-state index contributed by atoms with van der Waals surface area (Å²) in [6.07, 6.45) is -1.53. The zero-order valence-corrected chi connectivity index (χ0v) is 13.1. The van der Waals surface area contributed by atoms with E-state index >= 15 is 0 Å². The van der Waals surface area contributed by atoms with Crippen LogP contribution in [0.1, 0.15) is 12.5 Å². The maximum atomic E-state index is 10.9. The van der Waals surface area contributed by atoms with E-state index in [1.54, 1.807) is 0 Å². The van der Waals surface area contributed by atoms with Crippen LogP contribution in [0.15, 0.2) is 28.7 Å². The first-order valence-electron chi connectivity index (χ1n) is 5.81. The lowest BCUT2D eigenvalue weighted by atomic mass is 10.2. The van der Waals surface area contributed by atoms with Gasteiger partial charge in [0.2, 0.25) is 0 Å². The van der Waals surface area contributed by atoms with Gasteiger partial charge >= 0.3 is 5.97 Å². The van der Waals surface area contributed by atoms with Crippen molar-refractivity contribution in [2.24, 2.45) is 0 Å². The third-order valence-corrected chi connectivity index (χ3v) is 3.30. The van der Waals surface area contributed by atoms with E-state index in [-0.39, 0.29) is 12.4 Å². The largest absolute Gasteiger partial charge is 0.457 e. The molecule has 0 fully saturated rings. The molecule has 0 bridgehead atoms. The number of halogens is 1. The van der Waals surface area contributed by atoms with Crippen LogP contribution >= 0.6 is 28.6 Å². The Balaban J connectivity index is 2.43. The predicted molar refractivity (Wildman–Crippen MR) is 79.2 cm³/mol. The molecule has 0 saturated carbocycles. The Kier molecular flexibility index (Phi) is 7.45.